The average Bonchev–Trinajstić information content (AvgIpc) is 1.67. The second-order valence-corrected chi connectivity index (χ2v) is 2.53. The Balaban J connectivity index is 3.17. The lowest BCUT2D eigenvalue weighted by Crippen LogP contribution is -2.14. The Morgan fingerprint density at radius 1 is 1.38 bits per heavy atom. The lowest BCUT2D eigenvalue weighted by molar-refractivity contribution is 0.0508. The minimum atomic E-state index is 0.437. The van der Waals surface area contributed by atoms with Crippen LogP contribution >= 0.6 is 0 Å². The van der Waals surface area contributed by atoms with Crippen molar-refractivity contribution < 1.29 is 5.21 Å². The first-order valence-corrected chi connectivity index (χ1v) is 2.97. The van der Waals surface area contributed by atoms with Crippen molar-refractivity contribution in [1.82, 2.24) is 5.48 Å². The van der Waals surface area contributed by atoms with Crippen LogP contribution in [0.3, 0.4) is 0 Å². The van der Waals surface area contributed by atoms with Crippen molar-refractivity contribution in [1.29, 1.82) is 0 Å². The normalized spacial score (nSPS) is 14.6. The van der Waals surface area contributed by atoms with Gasteiger partial charge in [-0.15, -0.1) is 5.21 Å². The second kappa shape index (κ2) is 3.87. The molecule has 0 saturated carbocycles. The fourth-order valence-corrected chi connectivity index (χ4v) is 0.328. The standard InChI is InChI=1S/C6H13NO/c1-5(2)6(3)4-7-8/h5-6H,4H2,1-3H3. The van der Waals surface area contributed by atoms with E-state index in [4.69, 9.17) is 0 Å². The fourth-order valence-electron chi connectivity index (χ4n) is 0.328. The van der Waals surface area contributed by atoms with E-state index in [1.807, 2.05) is 6.92 Å². The quantitative estimate of drug-likeness (QED) is 0.496. The van der Waals surface area contributed by atoms with Crippen LogP contribution < -0.4 is 5.48 Å². The van der Waals surface area contributed by atoms with Gasteiger partial charge < -0.3 is 0 Å². The van der Waals surface area contributed by atoms with Gasteiger partial charge in [0.2, 0.25) is 0 Å². The molecule has 0 aliphatic rings. The van der Waals surface area contributed by atoms with E-state index in [-0.39, 0.29) is 0 Å². The van der Waals surface area contributed by atoms with Crippen LogP contribution in [0.2, 0.25) is 0 Å². The average molecular weight is 115 g/mol. The first-order valence-electron chi connectivity index (χ1n) is 2.97. The van der Waals surface area contributed by atoms with E-state index in [1.165, 1.54) is 0 Å². The molecule has 48 valence electrons. The molecular formula is C6H13NO. The van der Waals surface area contributed by atoms with Crippen LogP contribution in [0.5, 0.6) is 0 Å². The van der Waals surface area contributed by atoms with Crippen LogP contribution in [0.4, 0.5) is 0 Å². The molecule has 0 aromatic heterocycles. The minimum Gasteiger partial charge on any atom is -0.102 e. The topological polar surface area (TPSA) is 34.0 Å². The summed E-state index contributed by atoms with van der Waals surface area (Å²) >= 11 is 0. The lowest BCUT2D eigenvalue weighted by Gasteiger charge is -2.10. The molecule has 0 aliphatic heterocycles. The summed E-state index contributed by atoms with van der Waals surface area (Å²) in [7, 11) is 0. The molecule has 0 spiro atoms. The monoisotopic (exact) mass is 115 g/mol. The third kappa shape index (κ3) is 2.99. The molecule has 1 atom stereocenters. The van der Waals surface area contributed by atoms with Crippen LogP contribution in [-0.2, 0) is 5.21 Å². The van der Waals surface area contributed by atoms with Gasteiger partial charge in [0.05, 0.1) is 0 Å². The van der Waals surface area contributed by atoms with Crippen molar-refractivity contribution in [2.45, 2.75) is 20.8 Å². The number of hydrogen-bond acceptors (Lipinski definition) is 0. The van der Waals surface area contributed by atoms with Crippen molar-refractivity contribution in [2.24, 2.45) is 11.8 Å². The molecule has 2 radical (unpaired) electrons. The Bertz CT molecular complexity index is 54.5. The van der Waals surface area contributed by atoms with Crippen molar-refractivity contribution in [3.05, 3.63) is 0 Å². The zero-order chi connectivity index (χ0) is 6.57. The predicted molar refractivity (Wildman–Crippen MR) is 31.7 cm³/mol. The summed E-state index contributed by atoms with van der Waals surface area (Å²) in [6.45, 7) is 6.68. The van der Waals surface area contributed by atoms with Gasteiger partial charge in [0, 0.05) is 6.54 Å². The number of nitrogens with zero attached hydrogens (tertiary/aromatic N) is 1. The third-order valence-electron chi connectivity index (χ3n) is 1.50. The van der Waals surface area contributed by atoms with Crippen molar-refractivity contribution >= 4 is 0 Å². The fraction of sp³-hybridized carbons (Fsp3) is 1.00. The van der Waals surface area contributed by atoms with E-state index >= 15 is 0 Å². The van der Waals surface area contributed by atoms with Crippen molar-refractivity contribution in [3.8, 4) is 0 Å². The van der Waals surface area contributed by atoms with E-state index in [2.05, 4.69) is 19.3 Å². The number of rotatable bonds is 3. The van der Waals surface area contributed by atoms with Crippen LogP contribution in [0.25, 0.3) is 0 Å². The first-order chi connectivity index (χ1) is 3.68. The molecule has 8 heavy (non-hydrogen) atoms. The molecule has 0 aromatic carbocycles. The maximum atomic E-state index is 9.67. The Morgan fingerprint density at radius 2 is 1.88 bits per heavy atom. The van der Waals surface area contributed by atoms with Gasteiger partial charge in [-0.2, -0.15) is 0 Å². The van der Waals surface area contributed by atoms with Gasteiger partial charge in [0.15, 0.2) is 0 Å². The highest BCUT2D eigenvalue weighted by Crippen LogP contribution is 2.07. The molecule has 0 amide bonds. The van der Waals surface area contributed by atoms with Gasteiger partial charge in [-0.05, 0) is 11.8 Å². The lowest BCUT2D eigenvalue weighted by atomic mass is 9.99. The minimum absolute atomic E-state index is 0.437. The van der Waals surface area contributed by atoms with E-state index in [0.717, 1.165) is 0 Å². The van der Waals surface area contributed by atoms with Crippen LogP contribution in [0.1, 0.15) is 20.8 Å². The zero-order valence-corrected chi connectivity index (χ0v) is 5.72. The molecule has 0 N–H and O–H groups in total. The molecule has 2 heteroatoms. The molecule has 0 fully saturated rings. The maximum Gasteiger partial charge on any atom is 0.0487 e. The van der Waals surface area contributed by atoms with Gasteiger partial charge in [0.25, 0.3) is 0 Å². The number of hydrogen-bond donors (Lipinski definition) is 0. The van der Waals surface area contributed by atoms with Gasteiger partial charge in [-0.25, -0.2) is 0 Å². The van der Waals surface area contributed by atoms with Crippen molar-refractivity contribution in [2.75, 3.05) is 6.54 Å². The Morgan fingerprint density at radius 3 is 2.00 bits per heavy atom. The summed E-state index contributed by atoms with van der Waals surface area (Å²) in [6, 6.07) is 0. The molecule has 0 heterocycles. The molecule has 2 nitrogen and oxygen atoms in total. The summed E-state index contributed by atoms with van der Waals surface area (Å²) in [5.41, 5.74) is 2.81. The molecule has 0 rings (SSSR count). The first kappa shape index (κ1) is 7.92. The van der Waals surface area contributed by atoms with E-state index in [9.17, 15) is 5.21 Å². The number of hydroxylamine groups is 1. The van der Waals surface area contributed by atoms with E-state index in [1.54, 1.807) is 0 Å². The van der Waals surface area contributed by atoms with Crippen molar-refractivity contribution in [3.63, 3.8) is 0 Å². The van der Waals surface area contributed by atoms with Gasteiger partial charge >= 0.3 is 0 Å². The summed E-state index contributed by atoms with van der Waals surface area (Å²) in [4.78, 5) is 0. The van der Waals surface area contributed by atoms with E-state index < -0.39 is 0 Å². The Labute approximate surface area is 50.9 Å². The smallest absolute Gasteiger partial charge is 0.0487 e. The molecule has 0 saturated heterocycles. The van der Waals surface area contributed by atoms with Crippen LogP contribution in [-0.4, -0.2) is 6.54 Å². The molecule has 0 bridgehead atoms. The third-order valence-corrected chi connectivity index (χ3v) is 1.50. The largest absolute Gasteiger partial charge is 0.102 e. The van der Waals surface area contributed by atoms with Crippen LogP contribution in [0.15, 0.2) is 0 Å². The Kier molecular flexibility index (Phi) is 3.83. The van der Waals surface area contributed by atoms with Gasteiger partial charge in [0.1, 0.15) is 0 Å². The zero-order valence-electron chi connectivity index (χ0n) is 5.72. The van der Waals surface area contributed by atoms with Gasteiger partial charge in [-0.3, -0.25) is 0 Å². The van der Waals surface area contributed by atoms with Crippen LogP contribution in [0, 0.1) is 11.8 Å². The summed E-state index contributed by atoms with van der Waals surface area (Å²) in [5.74, 6) is 1.01. The molecule has 0 aromatic rings. The highest BCUT2D eigenvalue weighted by atomic mass is 16.5. The molecular weight excluding hydrogens is 102 g/mol. The van der Waals surface area contributed by atoms with E-state index in [0.29, 0.717) is 18.4 Å². The molecule has 1 unspecified atom stereocenters. The Hall–Kier alpha value is -0.0800. The highest BCUT2D eigenvalue weighted by Gasteiger charge is 2.05. The second-order valence-electron chi connectivity index (χ2n) is 2.53. The highest BCUT2D eigenvalue weighted by molar-refractivity contribution is 4.55. The molecule has 0 aliphatic carbocycles. The summed E-state index contributed by atoms with van der Waals surface area (Å²) < 4.78 is 0. The SMILES string of the molecule is CC(C)C(C)C[N][O]. The summed E-state index contributed by atoms with van der Waals surface area (Å²) in [5, 5.41) is 9.67. The maximum absolute atomic E-state index is 9.67. The predicted octanol–water partition coefficient (Wildman–Crippen LogP) is 1.23. The summed E-state index contributed by atoms with van der Waals surface area (Å²) in [6.07, 6.45) is 0. The van der Waals surface area contributed by atoms with Gasteiger partial charge in [-0.1, -0.05) is 26.3 Å².